The predicted molar refractivity (Wildman–Crippen MR) is 106 cm³/mol. The molecule has 0 aliphatic carbocycles. The molecule has 31 heavy (non-hydrogen) atoms. The summed E-state index contributed by atoms with van der Waals surface area (Å²) in [5, 5.41) is 13.7. The highest BCUT2D eigenvalue weighted by Gasteiger charge is 2.33. The number of carbonyl (C=O) groups is 2. The molecule has 0 spiro atoms. The Hall–Kier alpha value is -3.28. The third kappa shape index (κ3) is 6.88. The van der Waals surface area contributed by atoms with Crippen LogP contribution < -0.4 is 10.1 Å². The van der Waals surface area contributed by atoms with Gasteiger partial charge in [-0.15, -0.1) is 11.8 Å². The molecule has 2 aromatic carbocycles. The predicted octanol–water partition coefficient (Wildman–Crippen LogP) is 4.20. The van der Waals surface area contributed by atoms with Crippen molar-refractivity contribution in [2.45, 2.75) is 18.0 Å². The Morgan fingerprint density at radius 3 is 2.48 bits per heavy atom. The van der Waals surface area contributed by atoms with Crippen LogP contribution in [-0.2, 0) is 20.5 Å². The van der Waals surface area contributed by atoms with Crippen LogP contribution >= 0.6 is 11.8 Å². The molecule has 0 unspecified atom stereocenters. The Bertz CT molecular complexity index is 997. The smallest absolute Gasteiger partial charge is 0.416 e. The summed E-state index contributed by atoms with van der Waals surface area (Å²) in [6.45, 7) is 1.42. The third-order valence-electron chi connectivity index (χ3n) is 3.90. The van der Waals surface area contributed by atoms with Gasteiger partial charge in [-0.05, 0) is 42.8 Å². The van der Waals surface area contributed by atoms with Gasteiger partial charge in [0.2, 0.25) is 5.91 Å². The molecular formula is C19H17F3N2O6S. The zero-order valence-electron chi connectivity index (χ0n) is 16.3. The molecule has 1 N–H and O–H groups in total. The summed E-state index contributed by atoms with van der Waals surface area (Å²) in [7, 11) is 1.23. The van der Waals surface area contributed by atoms with Gasteiger partial charge in [-0.2, -0.15) is 13.2 Å². The van der Waals surface area contributed by atoms with Crippen molar-refractivity contribution in [3.8, 4) is 5.75 Å². The first kappa shape index (κ1) is 24.0. The molecule has 0 aromatic heterocycles. The van der Waals surface area contributed by atoms with Crippen molar-refractivity contribution in [1.82, 2.24) is 0 Å². The van der Waals surface area contributed by atoms with Crippen molar-refractivity contribution < 1.29 is 37.2 Å². The molecule has 2 aromatic rings. The summed E-state index contributed by atoms with van der Waals surface area (Å²) in [5.41, 5.74) is -0.798. The lowest BCUT2D eigenvalue weighted by Gasteiger charge is -2.11. The number of carbonyl (C=O) groups excluding carboxylic acids is 2. The number of halogens is 3. The first-order chi connectivity index (χ1) is 14.5. The minimum absolute atomic E-state index is 0.0589. The number of hydrogen-bond acceptors (Lipinski definition) is 7. The summed E-state index contributed by atoms with van der Waals surface area (Å²) in [4.78, 5) is 33.4. The van der Waals surface area contributed by atoms with Crippen LogP contribution in [0, 0.1) is 17.0 Å². The standard InChI is InChI=1S/C19H17F3N2O6S/c1-11-7-13(30-9-18(26)29-2)4-5-14(11)23-17(25)10-31-16-6-3-12(19(20,21)22)8-15(16)24(27)28/h3-8H,9-10H2,1-2H3,(H,23,25). The zero-order chi connectivity index (χ0) is 23.2. The molecular weight excluding hydrogens is 441 g/mol. The summed E-state index contributed by atoms with van der Waals surface area (Å²) in [6, 6.07) is 6.80. The maximum absolute atomic E-state index is 12.8. The number of ether oxygens (including phenoxy) is 2. The normalized spacial score (nSPS) is 11.0. The van der Waals surface area contributed by atoms with Crippen molar-refractivity contribution in [2.75, 3.05) is 24.8 Å². The Morgan fingerprint density at radius 2 is 1.90 bits per heavy atom. The highest BCUT2D eigenvalue weighted by molar-refractivity contribution is 8.00. The number of amides is 1. The molecule has 0 aliphatic heterocycles. The van der Waals surface area contributed by atoms with Crippen LogP contribution in [0.3, 0.4) is 0 Å². The van der Waals surface area contributed by atoms with Gasteiger partial charge in [0, 0.05) is 11.8 Å². The maximum Gasteiger partial charge on any atom is 0.416 e. The second-order valence-corrected chi connectivity index (χ2v) is 7.13. The van der Waals surface area contributed by atoms with Crippen LogP contribution in [0.4, 0.5) is 24.5 Å². The van der Waals surface area contributed by atoms with Crippen molar-refractivity contribution >= 4 is 35.0 Å². The number of nitrogens with zero attached hydrogens (tertiary/aromatic N) is 1. The summed E-state index contributed by atoms with van der Waals surface area (Å²) in [6.07, 6.45) is -4.71. The Balaban J connectivity index is 2.02. The summed E-state index contributed by atoms with van der Waals surface area (Å²) in [5.74, 6) is -0.933. The van der Waals surface area contributed by atoms with Gasteiger partial charge < -0.3 is 14.8 Å². The Morgan fingerprint density at radius 1 is 1.19 bits per heavy atom. The number of nitro benzene ring substituents is 1. The van der Waals surface area contributed by atoms with Gasteiger partial charge in [0.15, 0.2) is 6.61 Å². The maximum atomic E-state index is 12.8. The Kier molecular flexibility index (Phi) is 7.86. The van der Waals surface area contributed by atoms with Crippen molar-refractivity contribution in [1.29, 1.82) is 0 Å². The minimum atomic E-state index is -4.71. The van der Waals surface area contributed by atoms with E-state index < -0.39 is 34.2 Å². The number of anilines is 1. The number of methoxy groups -OCH3 is 1. The second kappa shape index (κ2) is 10.2. The highest BCUT2D eigenvalue weighted by Crippen LogP contribution is 2.36. The fraction of sp³-hybridized carbons (Fsp3) is 0.263. The first-order valence-electron chi connectivity index (χ1n) is 8.60. The van der Waals surface area contributed by atoms with Crippen molar-refractivity contribution in [2.24, 2.45) is 0 Å². The minimum Gasteiger partial charge on any atom is -0.482 e. The van der Waals surface area contributed by atoms with Crippen molar-refractivity contribution in [3.05, 3.63) is 57.6 Å². The number of benzene rings is 2. The van der Waals surface area contributed by atoms with E-state index in [9.17, 15) is 32.9 Å². The molecule has 1 amide bonds. The fourth-order valence-corrected chi connectivity index (χ4v) is 3.16. The van der Waals surface area contributed by atoms with Crippen LogP contribution in [0.2, 0.25) is 0 Å². The van der Waals surface area contributed by atoms with Crippen LogP contribution in [0.5, 0.6) is 5.75 Å². The number of nitrogens with one attached hydrogen (secondary N) is 1. The number of nitro groups is 1. The van der Waals surface area contributed by atoms with Gasteiger partial charge >= 0.3 is 12.1 Å². The Labute approximate surface area is 178 Å². The number of aryl methyl sites for hydroxylation is 1. The average molecular weight is 458 g/mol. The van der Waals surface area contributed by atoms with Gasteiger partial charge in [0.05, 0.1) is 28.2 Å². The number of thioether (sulfide) groups is 1. The van der Waals surface area contributed by atoms with E-state index in [0.717, 1.165) is 23.9 Å². The van der Waals surface area contributed by atoms with Crippen LogP contribution in [0.25, 0.3) is 0 Å². The molecule has 0 saturated heterocycles. The second-order valence-electron chi connectivity index (χ2n) is 6.12. The summed E-state index contributed by atoms with van der Waals surface area (Å²) < 4.78 is 48.0. The third-order valence-corrected chi connectivity index (χ3v) is 4.96. The molecule has 0 bridgehead atoms. The van der Waals surface area contributed by atoms with E-state index in [1.54, 1.807) is 19.1 Å². The zero-order valence-corrected chi connectivity index (χ0v) is 17.1. The van der Waals surface area contributed by atoms with Crippen molar-refractivity contribution in [3.63, 3.8) is 0 Å². The lowest BCUT2D eigenvalue weighted by atomic mass is 10.2. The number of rotatable bonds is 8. The van der Waals surface area contributed by atoms with Gasteiger partial charge in [-0.1, -0.05) is 0 Å². The van der Waals surface area contributed by atoms with E-state index in [1.807, 2.05) is 0 Å². The number of hydrogen-bond donors (Lipinski definition) is 1. The highest BCUT2D eigenvalue weighted by atomic mass is 32.2. The first-order valence-corrected chi connectivity index (χ1v) is 9.58. The molecule has 0 atom stereocenters. The van der Waals surface area contributed by atoms with Gasteiger partial charge in [-0.3, -0.25) is 14.9 Å². The molecule has 0 heterocycles. The summed E-state index contributed by atoms with van der Waals surface area (Å²) >= 11 is 0.748. The van der Waals surface area contributed by atoms with E-state index >= 15 is 0 Å². The molecule has 0 aliphatic rings. The monoisotopic (exact) mass is 458 g/mol. The van der Waals surface area contributed by atoms with E-state index in [2.05, 4.69) is 10.1 Å². The van der Waals surface area contributed by atoms with Crippen LogP contribution in [-0.4, -0.2) is 36.3 Å². The average Bonchev–Trinajstić information content (AvgIpc) is 2.71. The molecule has 12 heteroatoms. The quantitative estimate of drug-likeness (QED) is 0.273. The van der Waals surface area contributed by atoms with Gasteiger partial charge in [-0.25, -0.2) is 4.79 Å². The number of alkyl halides is 3. The van der Waals surface area contributed by atoms with Crippen LogP contribution in [0.1, 0.15) is 11.1 Å². The SMILES string of the molecule is COC(=O)COc1ccc(NC(=O)CSc2ccc(C(F)(F)F)cc2[N+](=O)[O-])c(C)c1. The van der Waals surface area contributed by atoms with E-state index in [1.165, 1.54) is 13.2 Å². The van der Waals surface area contributed by atoms with Gasteiger partial charge in [0.1, 0.15) is 5.75 Å². The van der Waals surface area contributed by atoms with E-state index in [4.69, 9.17) is 4.74 Å². The topological polar surface area (TPSA) is 108 Å². The fourth-order valence-electron chi connectivity index (χ4n) is 2.36. The van der Waals surface area contributed by atoms with Crippen LogP contribution in [0.15, 0.2) is 41.3 Å². The molecule has 0 saturated carbocycles. The lowest BCUT2D eigenvalue weighted by molar-refractivity contribution is -0.388. The van der Waals surface area contributed by atoms with Gasteiger partial charge in [0.25, 0.3) is 5.69 Å². The lowest BCUT2D eigenvalue weighted by Crippen LogP contribution is -2.15. The molecule has 0 radical (unpaired) electrons. The molecule has 166 valence electrons. The largest absolute Gasteiger partial charge is 0.482 e. The molecule has 8 nitrogen and oxygen atoms in total. The number of esters is 1. The molecule has 0 fully saturated rings. The van der Waals surface area contributed by atoms with E-state index in [-0.39, 0.29) is 17.3 Å². The molecule has 2 rings (SSSR count). The van der Waals surface area contributed by atoms with E-state index in [0.29, 0.717) is 23.1 Å².